The molecule has 4 heterocycles. The summed E-state index contributed by atoms with van der Waals surface area (Å²) in [6.45, 7) is 6.01. The van der Waals surface area contributed by atoms with E-state index in [1.807, 2.05) is 36.4 Å². The molecule has 6 rings (SSSR count). The molecule has 1 amide bonds. The highest BCUT2D eigenvalue weighted by Crippen LogP contribution is 2.41. The molecule has 0 unspecified atom stereocenters. The lowest BCUT2D eigenvalue weighted by atomic mass is 10.0. The summed E-state index contributed by atoms with van der Waals surface area (Å²) in [5.74, 6) is 0.433. The maximum atomic E-state index is 13.1. The Kier molecular flexibility index (Phi) is 5.71. The lowest BCUT2D eigenvalue weighted by molar-refractivity contribution is -0.120. The van der Waals surface area contributed by atoms with Gasteiger partial charge in [-0.2, -0.15) is 0 Å². The van der Waals surface area contributed by atoms with Gasteiger partial charge in [0.2, 0.25) is 5.91 Å². The summed E-state index contributed by atoms with van der Waals surface area (Å²) in [6, 6.07) is 17.6. The van der Waals surface area contributed by atoms with Crippen molar-refractivity contribution < 1.29 is 9.53 Å². The molecule has 2 aromatic carbocycles. The first-order valence-electron chi connectivity index (χ1n) is 12.2. The lowest BCUT2D eigenvalue weighted by Crippen LogP contribution is -2.45. The van der Waals surface area contributed by atoms with Crippen molar-refractivity contribution in [3.8, 4) is 11.1 Å². The Morgan fingerprint density at radius 3 is 2.62 bits per heavy atom. The Labute approximate surface area is 217 Å². The van der Waals surface area contributed by atoms with Crippen LogP contribution in [0.3, 0.4) is 0 Å². The fourth-order valence-corrected chi connectivity index (χ4v) is 5.87. The summed E-state index contributed by atoms with van der Waals surface area (Å²) >= 11 is 1.68. The van der Waals surface area contributed by atoms with Gasteiger partial charge in [0, 0.05) is 62.3 Å². The van der Waals surface area contributed by atoms with Crippen LogP contribution in [-0.4, -0.2) is 47.1 Å². The third kappa shape index (κ3) is 4.25. The average molecular weight is 514 g/mol. The summed E-state index contributed by atoms with van der Waals surface area (Å²) in [6.07, 6.45) is 1.76. The van der Waals surface area contributed by atoms with Crippen LogP contribution < -0.4 is 21.5 Å². The summed E-state index contributed by atoms with van der Waals surface area (Å²) in [4.78, 5) is 32.5. The van der Waals surface area contributed by atoms with E-state index in [2.05, 4.69) is 22.3 Å². The smallest absolute Gasteiger partial charge is 0.259 e. The molecule has 188 valence electrons. The molecule has 1 saturated heterocycles. The van der Waals surface area contributed by atoms with E-state index in [4.69, 9.17) is 15.5 Å². The van der Waals surface area contributed by atoms with Crippen LogP contribution in [0.25, 0.3) is 36.9 Å². The van der Waals surface area contributed by atoms with Crippen LogP contribution >= 0.6 is 11.3 Å². The maximum Gasteiger partial charge on any atom is 0.259 e. The van der Waals surface area contributed by atoms with Crippen LogP contribution in [0, 0.1) is 0 Å². The first-order chi connectivity index (χ1) is 17.8. The lowest BCUT2D eigenvalue weighted by Gasteiger charge is -2.27. The number of benzene rings is 2. The minimum absolute atomic E-state index is 0.111. The van der Waals surface area contributed by atoms with Gasteiger partial charge in [0.15, 0.2) is 0 Å². The number of aromatic nitrogens is 2. The topological polar surface area (TPSA) is 102 Å². The molecule has 3 aromatic heterocycles. The van der Waals surface area contributed by atoms with Crippen molar-refractivity contribution in [2.45, 2.75) is 19.4 Å². The fourth-order valence-electron chi connectivity index (χ4n) is 4.66. The molecule has 5 aromatic rings. The van der Waals surface area contributed by atoms with Gasteiger partial charge in [-0.25, -0.2) is 4.98 Å². The molecule has 1 aliphatic heterocycles. The Hall–Kier alpha value is -3.79. The number of hydrogen-bond donors (Lipinski definition) is 2. The van der Waals surface area contributed by atoms with Crippen molar-refractivity contribution in [3.05, 3.63) is 71.1 Å². The number of thiophene rings is 1. The van der Waals surface area contributed by atoms with E-state index in [0.717, 1.165) is 31.3 Å². The van der Waals surface area contributed by atoms with Crippen molar-refractivity contribution in [2.24, 2.45) is 5.73 Å². The minimum Gasteiger partial charge on any atom is -0.378 e. The number of nitrogens with two attached hydrogens (primary N) is 1. The molecule has 0 aliphatic carbocycles. The second kappa shape index (κ2) is 8.95. The quantitative estimate of drug-likeness (QED) is 0.373. The zero-order valence-corrected chi connectivity index (χ0v) is 21.5. The van der Waals surface area contributed by atoms with Gasteiger partial charge in [0.25, 0.3) is 5.56 Å². The number of nitrogens with one attached hydrogen (secondary N) is 1. The molecule has 1 aliphatic rings. The highest BCUT2D eigenvalue weighted by atomic mass is 32.1. The van der Waals surface area contributed by atoms with Crippen molar-refractivity contribution in [3.63, 3.8) is 0 Å². The SMILES string of the molecule is CC(C)(N)C(=O)Nc1ccc2sc3c(-c4cccn5c(=O)cc(N6CCOCC6)nc45)cccc3c2c1. The van der Waals surface area contributed by atoms with Gasteiger partial charge in [-0.1, -0.05) is 18.2 Å². The molecule has 0 radical (unpaired) electrons. The minimum atomic E-state index is -0.974. The molecular weight excluding hydrogens is 486 g/mol. The molecule has 0 atom stereocenters. The van der Waals surface area contributed by atoms with E-state index >= 15 is 0 Å². The van der Waals surface area contributed by atoms with Crippen molar-refractivity contribution in [1.29, 1.82) is 0 Å². The van der Waals surface area contributed by atoms with Gasteiger partial charge >= 0.3 is 0 Å². The van der Waals surface area contributed by atoms with E-state index in [1.165, 1.54) is 0 Å². The first-order valence-corrected chi connectivity index (χ1v) is 13.0. The largest absolute Gasteiger partial charge is 0.378 e. The van der Waals surface area contributed by atoms with Gasteiger partial charge in [-0.05, 0) is 44.2 Å². The number of anilines is 2. The van der Waals surface area contributed by atoms with Crippen LogP contribution in [0.1, 0.15) is 13.8 Å². The van der Waals surface area contributed by atoms with E-state index in [1.54, 1.807) is 41.8 Å². The first kappa shape index (κ1) is 23.6. The molecule has 0 spiro atoms. The van der Waals surface area contributed by atoms with Crippen LogP contribution in [0.4, 0.5) is 11.5 Å². The number of carbonyl (C=O) groups excluding carboxylic acids is 1. The predicted octanol–water partition coefficient (Wildman–Crippen LogP) is 4.24. The van der Waals surface area contributed by atoms with Gasteiger partial charge in [-0.15, -0.1) is 11.3 Å². The molecule has 3 N–H and O–H groups in total. The summed E-state index contributed by atoms with van der Waals surface area (Å²) in [5, 5.41) is 5.05. The van der Waals surface area contributed by atoms with Gasteiger partial charge in [0.1, 0.15) is 11.5 Å². The third-order valence-electron chi connectivity index (χ3n) is 6.64. The number of morpholine rings is 1. The highest BCUT2D eigenvalue weighted by molar-refractivity contribution is 7.26. The molecule has 37 heavy (non-hydrogen) atoms. The van der Waals surface area contributed by atoms with Crippen LogP contribution in [0.2, 0.25) is 0 Å². The molecule has 0 bridgehead atoms. The zero-order chi connectivity index (χ0) is 25.7. The third-order valence-corrected chi connectivity index (χ3v) is 7.86. The number of amides is 1. The predicted molar refractivity (Wildman–Crippen MR) is 150 cm³/mol. The number of pyridine rings is 1. The van der Waals surface area contributed by atoms with E-state index in [0.29, 0.717) is 43.5 Å². The van der Waals surface area contributed by atoms with Crippen LogP contribution in [0.15, 0.2) is 65.6 Å². The summed E-state index contributed by atoms with van der Waals surface area (Å²) < 4.78 is 9.28. The Balaban J connectivity index is 1.50. The van der Waals surface area contributed by atoms with Crippen molar-refractivity contribution >= 4 is 54.6 Å². The van der Waals surface area contributed by atoms with Crippen molar-refractivity contribution in [2.75, 3.05) is 36.5 Å². The molecule has 1 fully saturated rings. The van der Waals surface area contributed by atoms with Gasteiger partial charge in [-0.3, -0.25) is 14.0 Å². The van der Waals surface area contributed by atoms with E-state index < -0.39 is 5.54 Å². The molecule has 9 heteroatoms. The average Bonchev–Trinajstić information content (AvgIpc) is 3.26. The van der Waals surface area contributed by atoms with Crippen LogP contribution in [0.5, 0.6) is 0 Å². The fraction of sp³-hybridized carbons (Fsp3) is 0.250. The Morgan fingerprint density at radius 1 is 1.05 bits per heavy atom. The second-order valence-electron chi connectivity index (χ2n) is 9.84. The summed E-state index contributed by atoms with van der Waals surface area (Å²) in [5.41, 5.74) is 8.11. The normalized spacial score (nSPS) is 14.5. The number of fused-ring (bicyclic) bond motifs is 4. The molecular formula is C28H27N5O3S. The molecule has 0 saturated carbocycles. The van der Waals surface area contributed by atoms with E-state index in [-0.39, 0.29) is 11.5 Å². The highest BCUT2D eigenvalue weighted by Gasteiger charge is 2.22. The molecule has 8 nitrogen and oxygen atoms in total. The van der Waals surface area contributed by atoms with Crippen molar-refractivity contribution in [1.82, 2.24) is 9.38 Å². The number of hydrogen-bond acceptors (Lipinski definition) is 7. The number of carbonyl (C=O) groups is 1. The van der Waals surface area contributed by atoms with Gasteiger partial charge in [0.05, 0.1) is 18.8 Å². The number of nitrogens with zero attached hydrogens (tertiary/aromatic N) is 3. The Morgan fingerprint density at radius 2 is 1.84 bits per heavy atom. The number of rotatable bonds is 4. The number of ether oxygens (including phenoxy) is 1. The maximum absolute atomic E-state index is 13.1. The van der Waals surface area contributed by atoms with Gasteiger partial charge < -0.3 is 20.7 Å². The second-order valence-corrected chi connectivity index (χ2v) is 10.9. The van der Waals surface area contributed by atoms with E-state index in [9.17, 15) is 9.59 Å². The monoisotopic (exact) mass is 513 g/mol. The van der Waals surface area contributed by atoms with Crippen LogP contribution in [-0.2, 0) is 9.53 Å². The standard InChI is InChI=1S/C28H27N5O3S/c1-28(2,29)27(35)30-17-8-9-22-21(15-17)19-6-3-5-18(25(19)37-22)20-7-4-10-33-24(34)16-23(31-26(20)33)32-11-13-36-14-12-32/h3-10,15-16H,11-14,29H2,1-2H3,(H,30,35). The summed E-state index contributed by atoms with van der Waals surface area (Å²) in [7, 11) is 0. The zero-order valence-electron chi connectivity index (χ0n) is 20.7. The Bertz CT molecular complexity index is 1730.